The Hall–Kier alpha value is -2.14. The van der Waals surface area contributed by atoms with Crippen molar-refractivity contribution in [2.45, 2.75) is 31.7 Å². The lowest BCUT2D eigenvalue weighted by Gasteiger charge is -2.32. The van der Waals surface area contributed by atoms with Gasteiger partial charge < -0.3 is 10.2 Å². The van der Waals surface area contributed by atoms with Crippen molar-refractivity contribution in [3.8, 4) is 0 Å². The summed E-state index contributed by atoms with van der Waals surface area (Å²) in [6.07, 6.45) is 4.02. The van der Waals surface area contributed by atoms with Gasteiger partial charge in [0.05, 0.1) is 6.04 Å². The van der Waals surface area contributed by atoms with Crippen LogP contribution in [0.15, 0.2) is 53.0 Å². The number of hydrogen-bond acceptors (Lipinski definition) is 2. The van der Waals surface area contributed by atoms with Crippen LogP contribution in [0.3, 0.4) is 0 Å². The second kappa shape index (κ2) is 7.23. The number of nitrogens with one attached hydrogen (secondary N) is 1. The first-order valence-corrected chi connectivity index (χ1v) is 9.87. The maximum absolute atomic E-state index is 13.3. The lowest BCUT2D eigenvalue weighted by molar-refractivity contribution is -0.139. The lowest BCUT2D eigenvalue weighted by Crippen LogP contribution is -2.41. The zero-order valence-corrected chi connectivity index (χ0v) is 16.0. The van der Waals surface area contributed by atoms with Crippen LogP contribution < -0.4 is 5.32 Å². The molecular weight excluding hydrogens is 392 g/mol. The molecule has 1 unspecified atom stereocenters. The fourth-order valence-electron chi connectivity index (χ4n) is 4.08. The number of anilines is 1. The molecule has 134 valence electrons. The zero-order valence-electron chi connectivity index (χ0n) is 14.5. The largest absolute Gasteiger partial charge is 0.324 e. The minimum absolute atomic E-state index is 0.0303. The first-order chi connectivity index (χ1) is 12.6. The van der Waals surface area contributed by atoms with Gasteiger partial charge in [-0.1, -0.05) is 59.1 Å². The van der Waals surface area contributed by atoms with Gasteiger partial charge in [0.15, 0.2) is 0 Å². The number of carbonyl (C=O) groups is 2. The van der Waals surface area contributed by atoms with Crippen molar-refractivity contribution in [2.75, 3.05) is 11.9 Å². The van der Waals surface area contributed by atoms with Gasteiger partial charge in [0, 0.05) is 21.6 Å². The van der Waals surface area contributed by atoms with E-state index in [9.17, 15) is 9.59 Å². The van der Waals surface area contributed by atoms with Crippen LogP contribution >= 0.6 is 15.9 Å². The van der Waals surface area contributed by atoms with Crippen molar-refractivity contribution >= 4 is 33.4 Å². The van der Waals surface area contributed by atoms with Crippen LogP contribution in [0.25, 0.3) is 0 Å². The molecule has 0 aromatic heterocycles. The number of amides is 2. The van der Waals surface area contributed by atoms with E-state index in [1.54, 1.807) is 4.90 Å². The Morgan fingerprint density at radius 1 is 1.08 bits per heavy atom. The van der Waals surface area contributed by atoms with Crippen LogP contribution in [-0.4, -0.2) is 23.3 Å². The number of halogens is 1. The van der Waals surface area contributed by atoms with Crippen molar-refractivity contribution < 1.29 is 9.59 Å². The number of fused-ring (bicyclic) bond motifs is 1. The predicted molar refractivity (Wildman–Crippen MR) is 105 cm³/mol. The van der Waals surface area contributed by atoms with Crippen LogP contribution in [0.5, 0.6) is 0 Å². The summed E-state index contributed by atoms with van der Waals surface area (Å²) in [5, 5.41) is 2.97. The Bertz CT molecular complexity index is 831. The molecule has 1 atom stereocenters. The molecule has 26 heavy (non-hydrogen) atoms. The number of hydrogen-bond donors (Lipinski definition) is 1. The molecule has 0 saturated heterocycles. The van der Waals surface area contributed by atoms with Gasteiger partial charge in [-0.05, 0) is 36.6 Å². The summed E-state index contributed by atoms with van der Waals surface area (Å²) in [5.41, 5.74) is 2.74. The second-order valence-electron chi connectivity index (χ2n) is 7.04. The Morgan fingerprint density at radius 3 is 2.54 bits per heavy atom. The van der Waals surface area contributed by atoms with E-state index in [4.69, 9.17) is 0 Å². The highest BCUT2D eigenvalue weighted by Gasteiger charge is 2.37. The van der Waals surface area contributed by atoms with Crippen molar-refractivity contribution in [1.82, 2.24) is 4.90 Å². The van der Waals surface area contributed by atoms with E-state index in [0.717, 1.165) is 47.0 Å². The number of rotatable bonds is 2. The van der Waals surface area contributed by atoms with Crippen LogP contribution in [-0.2, 0) is 9.59 Å². The first kappa shape index (κ1) is 17.3. The maximum Gasteiger partial charge on any atom is 0.244 e. The SMILES string of the molecule is O=C1CN(C(=O)C2CCCC2)C(c2ccccc2)c2cc(Br)ccc2N1. The summed E-state index contributed by atoms with van der Waals surface area (Å²) >= 11 is 3.54. The van der Waals surface area contributed by atoms with E-state index in [0.29, 0.717) is 0 Å². The fourth-order valence-corrected chi connectivity index (χ4v) is 4.46. The van der Waals surface area contributed by atoms with Gasteiger partial charge in [-0.2, -0.15) is 0 Å². The zero-order chi connectivity index (χ0) is 18.1. The van der Waals surface area contributed by atoms with Gasteiger partial charge in [-0.25, -0.2) is 0 Å². The highest BCUT2D eigenvalue weighted by molar-refractivity contribution is 9.10. The van der Waals surface area contributed by atoms with Crippen molar-refractivity contribution in [3.05, 3.63) is 64.1 Å². The maximum atomic E-state index is 13.3. The molecule has 4 rings (SSSR count). The number of benzene rings is 2. The van der Waals surface area contributed by atoms with Crippen LogP contribution in [0.4, 0.5) is 5.69 Å². The van der Waals surface area contributed by atoms with Gasteiger partial charge in [0.1, 0.15) is 6.54 Å². The van der Waals surface area contributed by atoms with Crippen LogP contribution in [0.2, 0.25) is 0 Å². The summed E-state index contributed by atoms with van der Waals surface area (Å²) in [6.45, 7) is 0.0845. The van der Waals surface area contributed by atoms with E-state index in [-0.39, 0.29) is 30.3 Å². The molecule has 5 heteroatoms. The molecule has 1 fully saturated rings. The average molecular weight is 413 g/mol. The molecule has 0 spiro atoms. The summed E-state index contributed by atoms with van der Waals surface area (Å²) in [4.78, 5) is 27.6. The minimum atomic E-state index is -0.268. The molecule has 4 nitrogen and oxygen atoms in total. The molecular formula is C21H21BrN2O2. The van der Waals surface area contributed by atoms with E-state index < -0.39 is 0 Å². The third kappa shape index (κ3) is 3.28. The Balaban J connectivity index is 1.84. The molecule has 2 aromatic rings. The van der Waals surface area contributed by atoms with Gasteiger partial charge in [0.25, 0.3) is 0 Å². The first-order valence-electron chi connectivity index (χ1n) is 9.08. The molecule has 1 N–H and O–H groups in total. The van der Waals surface area contributed by atoms with Crippen molar-refractivity contribution in [3.63, 3.8) is 0 Å². The van der Waals surface area contributed by atoms with Gasteiger partial charge in [-0.3, -0.25) is 9.59 Å². The Labute approximate surface area is 161 Å². The van der Waals surface area contributed by atoms with Gasteiger partial charge >= 0.3 is 0 Å². The highest BCUT2D eigenvalue weighted by atomic mass is 79.9. The minimum Gasteiger partial charge on any atom is -0.324 e. The second-order valence-corrected chi connectivity index (χ2v) is 7.96. The number of nitrogens with zero attached hydrogens (tertiary/aromatic N) is 1. The van der Waals surface area contributed by atoms with E-state index in [1.165, 1.54) is 0 Å². The molecule has 2 amide bonds. The standard InChI is InChI=1S/C21H21BrN2O2/c22-16-10-11-18-17(12-16)20(14-6-2-1-3-7-14)24(13-19(25)23-18)21(26)15-8-4-5-9-15/h1-3,6-7,10-12,15,20H,4-5,8-9,13H2,(H,23,25). The quantitative estimate of drug-likeness (QED) is 0.788. The van der Waals surface area contributed by atoms with E-state index >= 15 is 0 Å². The van der Waals surface area contributed by atoms with E-state index in [2.05, 4.69) is 21.2 Å². The fraction of sp³-hybridized carbons (Fsp3) is 0.333. The average Bonchev–Trinajstić information content (AvgIpc) is 3.13. The summed E-state index contributed by atoms with van der Waals surface area (Å²) < 4.78 is 0.932. The smallest absolute Gasteiger partial charge is 0.244 e. The third-order valence-corrected chi connectivity index (χ3v) is 5.80. The summed E-state index contributed by atoms with van der Waals surface area (Å²) in [6, 6.07) is 15.5. The van der Waals surface area contributed by atoms with Gasteiger partial charge in [-0.15, -0.1) is 0 Å². The molecule has 1 saturated carbocycles. The summed E-state index contributed by atoms with van der Waals surface area (Å²) in [7, 11) is 0. The highest BCUT2D eigenvalue weighted by Crippen LogP contribution is 2.39. The van der Waals surface area contributed by atoms with Crippen molar-refractivity contribution in [1.29, 1.82) is 0 Å². The Morgan fingerprint density at radius 2 is 1.81 bits per heavy atom. The lowest BCUT2D eigenvalue weighted by atomic mass is 9.94. The molecule has 0 radical (unpaired) electrons. The summed E-state index contributed by atoms with van der Waals surface area (Å²) in [5.74, 6) is -0.0135. The van der Waals surface area contributed by atoms with Crippen LogP contribution in [0.1, 0.15) is 42.9 Å². The van der Waals surface area contributed by atoms with Gasteiger partial charge in [0.2, 0.25) is 11.8 Å². The monoisotopic (exact) mass is 412 g/mol. The molecule has 1 heterocycles. The molecule has 2 aliphatic rings. The van der Waals surface area contributed by atoms with Crippen molar-refractivity contribution in [2.24, 2.45) is 5.92 Å². The Kier molecular flexibility index (Phi) is 4.81. The molecule has 2 aromatic carbocycles. The molecule has 0 bridgehead atoms. The molecule has 1 aliphatic carbocycles. The van der Waals surface area contributed by atoms with Crippen LogP contribution in [0, 0.1) is 5.92 Å². The third-order valence-electron chi connectivity index (χ3n) is 5.31. The van der Waals surface area contributed by atoms with E-state index in [1.807, 2.05) is 48.5 Å². The number of carbonyl (C=O) groups excluding carboxylic acids is 2. The normalized spacial score (nSPS) is 20.4. The molecule has 1 aliphatic heterocycles. The predicted octanol–water partition coefficient (Wildman–Crippen LogP) is 4.51. The topological polar surface area (TPSA) is 49.4 Å².